The molecule has 0 amide bonds. The molecule has 1 nitrogen and oxygen atoms in total. The number of rotatable bonds is 7. The molecule has 0 spiro atoms. The molecule has 0 heterocycles. The van der Waals surface area contributed by atoms with E-state index in [-0.39, 0.29) is 0 Å². The second-order valence-electron chi connectivity index (χ2n) is 6.49. The van der Waals surface area contributed by atoms with Gasteiger partial charge in [0.05, 0.1) is 0 Å². The summed E-state index contributed by atoms with van der Waals surface area (Å²) < 4.78 is 0. The summed E-state index contributed by atoms with van der Waals surface area (Å²) in [5, 5.41) is 0. The van der Waals surface area contributed by atoms with Gasteiger partial charge in [-0.2, -0.15) is 12.6 Å². The Morgan fingerprint density at radius 3 is 2.65 bits per heavy atom. The molecule has 0 aromatic rings. The monoisotopic (exact) mass is 255 g/mol. The third-order valence-corrected chi connectivity index (χ3v) is 5.47. The Balaban J connectivity index is 1.71. The van der Waals surface area contributed by atoms with E-state index in [1.165, 1.54) is 45.2 Å². The van der Waals surface area contributed by atoms with E-state index < -0.39 is 0 Å². The van der Waals surface area contributed by atoms with Crippen molar-refractivity contribution in [3.63, 3.8) is 0 Å². The van der Waals surface area contributed by atoms with E-state index in [9.17, 15) is 0 Å². The molecule has 2 aliphatic carbocycles. The Labute approximate surface area is 113 Å². The fraction of sp³-hybridized carbons (Fsp3) is 1.00. The lowest BCUT2D eigenvalue weighted by Gasteiger charge is -2.29. The number of hydrogen-bond acceptors (Lipinski definition) is 2. The Bertz CT molecular complexity index is 231. The van der Waals surface area contributed by atoms with Gasteiger partial charge in [0.1, 0.15) is 0 Å². The first-order valence-corrected chi connectivity index (χ1v) is 8.15. The minimum atomic E-state index is 0.798. The number of nitrogens with zero attached hydrogens (tertiary/aromatic N) is 1. The largest absolute Gasteiger partial charge is 0.306 e. The SMILES string of the molecule is CCCC(CS)CN(C)CC1CC2CCC1C2. The molecule has 2 bridgehead atoms. The second-order valence-corrected chi connectivity index (χ2v) is 6.86. The van der Waals surface area contributed by atoms with Crippen LogP contribution in [0.3, 0.4) is 0 Å². The first kappa shape index (κ1) is 13.7. The lowest BCUT2D eigenvalue weighted by Crippen LogP contribution is -2.33. The summed E-state index contributed by atoms with van der Waals surface area (Å²) in [4.78, 5) is 2.59. The fourth-order valence-corrected chi connectivity index (χ4v) is 4.46. The Morgan fingerprint density at radius 1 is 1.29 bits per heavy atom. The standard InChI is InChI=1S/C15H29NS/c1-3-4-13(11-17)9-16(2)10-15-8-12-5-6-14(15)7-12/h12-15,17H,3-11H2,1-2H3. The van der Waals surface area contributed by atoms with Crippen LogP contribution < -0.4 is 0 Å². The first-order valence-electron chi connectivity index (χ1n) is 7.52. The number of hydrogen-bond donors (Lipinski definition) is 1. The zero-order valence-electron chi connectivity index (χ0n) is 11.6. The van der Waals surface area contributed by atoms with Gasteiger partial charge in [-0.3, -0.25) is 0 Å². The van der Waals surface area contributed by atoms with E-state index in [0.29, 0.717) is 0 Å². The molecule has 0 aromatic carbocycles. The molecule has 0 aromatic heterocycles. The minimum Gasteiger partial charge on any atom is -0.306 e. The van der Waals surface area contributed by atoms with Gasteiger partial charge in [-0.05, 0) is 62.2 Å². The smallest absolute Gasteiger partial charge is 0.00145 e. The lowest BCUT2D eigenvalue weighted by molar-refractivity contribution is 0.199. The second kappa shape index (κ2) is 6.47. The Kier molecular flexibility index (Phi) is 5.23. The normalized spacial score (nSPS) is 33.5. The molecule has 2 fully saturated rings. The van der Waals surface area contributed by atoms with Crippen LogP contribution in [0.1, 0.15) is 45.4 Å². The average Bonchev–Trinajstić information content (AvgIpc) is 2.90. The van der Waals surface area contributed by atoms with Gasteiger partial charge in [0.2, 0.25) is 0 Å². The third kappa shape index (κ3) is 3.64. The van der Waals surface area contributed by atoms with Crippen LogP contribution in [0.2, 0.25) is 0 Å². The predicted octanol–water partition coefficient (Wildman–Crippen LogP) is 3.70. The van der Waals surface area contributed by atoms with Gasteiger partial charge in [-0.25, -0.2) is 0 Å². The van der Waals surface area contributed by atoms with E-state index in [4.69, 9.17) is 0 Å². The van der Waals surface area contributed by atoms with Crippen LogP contribution in [0.5, 0.6) is 0 Å². The van der Waals surface area contributed by atoms with Crippen molar-refractivity contribution >= 4 is 12.6 Å². The molecule has 0 saturated heterocycles. The zero-order valence-corrected chi connectivity index (χ0v) is 12.5. The van der Waals surface area contributed by atoms with Gasteiger partial charge in [-0.1, -0.05) is 19.8 Å². The van der Waals surface area contributed by atoms with Crippen molar-refractivity contribution in [1.82, 2.24) is 4.90 Å². The number of thiol groups is 1. The van der Waals surface area contributed by atoms with Crippen molar-refractivity contribution in [1.29, 1.82) is 0 Å². The summed E-state index contributed by atoms with van der Waals surface area (Å²) in [6.45, 7) is 4.88. The molecule has 4 atom stereocenters. The van der Waals surface area contributed by atoms with Crippen molar-refractivity contribution in [3.05, 3.63) is 0 Å². The van der Waals surface area contributed by atoms with Gasteiger partial charge < -0.3 is 4.90 Å². The quantitative estimate of drug-likeness (QED) is 0.679. The summed E-state index contributed by atoms with van der Waals surface area (Å²) in [6.07, 6.45) is 8.75. The maximum Gasteiger partial charge on any atom is 0.00145 e. The van der Waals surface area contributed by atoms with Crippen LogP contribution in [0.25, 0.3) is 0 Å². The van der Waals surface area contributed by atoms with Crippen molar-refractivity contribution in [2.24, 2.45) is 23.7 Å². The van der Waals surface area contributed by atoms with E-state index in [1.54, 1.807) is 6.42 Å². The molecular weight excluding hydrogens is 226 g/mol. The molecule has 2 rings (SSSR count). The van der Waals surface area contributed by atoms with Crippen LogP contribution in [0.4, 0.5) is 0 Å². The molecule has 0 aliphatic heterocycles. The third-order valence-electron chi connectivity index (χ3n) is 4.96. The minimum absolute atomic E-state index is 0.798. The highest BCUT2D eigenvalue weighted by atomic mass is 32.1. The maximum atomic E-state index is 4.49. The molecule has 2 aliphatic rings. The maximum absolute atomic E-state index is 4.49. The molecule has 4 unspecified atom stereocenters. The molecule has 2 heteroatoms. The highest BCUT2D eigenvalue weighted by molar-refractivity contribution is 7.80. The van der Waals surface area contributed by atoms with Crippen molar-refractivity contribution < 1.29 is 0 Å². The van der Waals surface area contributed by atoms with Crippen LogP contribution in [-0.2, 0) is 0 Å². The fourth-order valence-electron chi connectivity index (χ4n) is 4.16. The first-order chi connectivity index (χ1) is 8.22. The molecule has 0 radical (unpaired) electrons. The summed E-state index contributed by atoms with van der Waals surface area (Å²) in [5.41, 5.74) is 0. The summed E-state index contributed by atoms with van der Waals surface area (Å²) in [6, 6.07) is 0. The van der Waals surface area contributed by atoms with E-state index in [0.717, 1.165) is 29.4 Å². The topological polar surface area (TPSA) is 3.24 Å². The number of fused-ring (bicyclic) bond motifs is 2. The van der Waals surface area contributed by atoms with Gasteiger partial charge in [0, 0.05) is 13.1 Å². The molecule has 2 saturated carbocycles. The molecule has 100 valence electrons. The van der Waals surface area contributed by atoms with Crippen molar-refractivity contribution in [2.75, 3.05) is 25.9 Å². The summed E-state index contributed by atoms with van der Waals surface area (Å²) in [7, 11) is 2.32. The molecular formula is C15H29NS. The van der Waals surface area contributed by atoms with E-state index in [1.807, 2.05) is 0 Å². The van der Waals surface area contributed by atoms with E-state index >= 15 is 0 Å². The Hall–Kier alpha value is 0.310. The van der Waals surface area contributed by atoms with Crippen molar-refractivity contribution in [2.45, 2.75) is 45.4 Å². The highest BCUT2D eigenvalue weighted by Gasteiger charge is 2.39. The highest BCUT2D eigenvalue weighted by Crippen LogP contribution is 2.48. The van der Waals surface area contributed by atoms with Gasteiger partial charge in [0.25, 0.3) is 0 Å². The van der Waals surface area contributed by atoms with Crippen LogP contribution in [0, 0.1) is 23.7 Å². The zero-order chi connectivity index (χ0) is 12.3. The van der Waals surface area contributed by atoms with Gasteiger partial charge >= 0.3 is 0 Å². The lowest BCUT2D eigenvalue weighted by atomic mass is 9.88. The predicted molar refractivity (Wildman–Crippen MR) is 78.7 cm³/mol. The Morgan fingerprint density at radius 2 is 2.12 bits per heavy atom. The van der Waals surface area contributed by atoms with Gasteiger partial charge in [-0.15, -0.1) is 0 Å². The molecule has 0 N–H and O–H groups in total. The average molecular weight is 255 g/mol. The summed E-state index contributed by atoms with van der Waals surface area (Å²) in [5.74, 6) is 5.03. The van der Waals surface area contributed by atoms with Gasteiger partial charge in [0.15, 0.2) is 0 Å². The van der Waals surface area contributed by atoms with Crippen LogP contribution in [-0.4, -0.2) is 30.8 Å². The van der Waals surface area contributed by atoms with Crippen molar-refractivity contribution in [3.8, 4) is 0 Å². The van der Waals surface area contributed by atoms with Crippen LogP contribution >= 0.6 is 12.6 Å². The van der Waals surface area contributed by atoms with E-state index in [2.05, 4.69) is 31.5 Å². The molecule has 17 heavy (non-hydrogen) atoms. The van der Waals surface area contributed by atoms with Crippen LogP contribution in [0.15, 0.2) is 0 Å². The summed E-state index contributed by atoms with van der Waals surface area (Å²) >= 11 is 4.49.